The van der Waals surface area contributed by atoms with Crippen molar-refractivity contribution in [1.29, 1.82) is 0 Å². The SMILES string of the molecule is CNc1ncc([N+](=O)[O-])c(NCC2CCN(C)C2)n1. The topological polar surface area (TPSA) is 96.2 Å². The van der Waals surface area contributed by atoms with Gasteiger partial charge in [-0.05, 0) is 25.9 Å². The van der Waals surface area contributed by atoms with Gasteiger partial charge < -0.3 is 15.5 Å². The molecule has 2 N–H and O–H groups in total. The van der Waals surface area contributed by atoms with Crippen molar-refractivity contribution < 1.29 is 4.92 Å². The fraction of sp³-hybridized carbons (Fsp3) is 0.636. The van der Waals surface area contributed by atoms with Crippen molar-refractivity contribution in [3.63, 3.8) is 0 Å². The molecule has 2 heterocycles. The van der Waals surface area contributed by atoms with Crippen LogP contribution in [0.15, 0.2) is 6.20 Å². The average Bonchev–Trinajstić information content (AvgIpc) is 2.81. The molecular weight excluding hydrogens is 248 g/mol. The molecule has 0 radical (unpaired) electrons. The molecule has 0 saturated carbocycles. The van der Waals surface area contributed by atoms with Crippen molar-refractivity contribution in [2.45, 2.75) is 6.42 Å². The second-order valence-corrected chi connectivity index (χ2v) is 4.73. The predicted octanol–water partition coefficient (Wildman–Crippen LogP) is 0.790. The van der Waals surface area contributed by atoms with Crippen LogP contribution in [0, 0.1) is 16.0 Å². The summed E-state index contributed by atoms with van der Waals surface area (Å²) in [6, 6.07) is 0. The van der Waals surface area contributed by atoms with Gasteiger partial charge in [0.05, 0.1) is 4.92 Å². The summed E-state index contributed by atoms with van der Waals surface area (Å²) in [5, 5.41) is 16.8. The summed E-state index contributed by atoms with van der Waals surface area (Å²) in [5.74, 6) is 1.15. The lowest BCUT2D eigenvalue weighted by Gasteiger charge is -2.12. The third-order valence-electron chi connectivity index (χ3n) is 3.24. The van der Waals surface area contributed by atoms with E-state index in [1.165, 1.54) is 6.20 Å². The van der Waals surface area contributed by atoms with Crippen molar-refractivity contribution in [3.8, 4) is 0 Å². The largest absolute Gasteiger partial charge is 0.364 e. The molecule has 2 rings (SSSR count). The van der Waals surface area contributed by atoms with Crippen LogP contribution in [0.5, 0.6) is 0 Å². The Labute approximate surface area is 111 Å². The van der Waals surface area contributed by atoms with Crippen LogP contribution < -0.4 is 10.6 Å². The molecule has 8 nitrogen and oxygen atoms in total. The van der Waals surface area contributed by atoms with Gasteiger partial charge in [-0.2, -0.15) is 4.98 Å². The summed E-state index contributed by atoms with van der Waals surface area (Å²) in [4.78, 5) is 20.7. The number of nitro groups is 1. The van der Waals surface area contributed by atoms with Crippen molar-refractivity contribution in [1.82, 2.24) is 14.9 Å². The molecule has 1 aliphatic rings. The van der Waals surface area contributed by atoms with Gasteiger partial charge in [0.2, 0.25) is 11.8 Å². The summed E-state index contributed by atoms with van der Waals surface area (Å²) in [6.07, 6.45) is 2.32. The van der Waals surface area contributed by atoms with Crippen LogP contribution in [0.25, 0.3) is 0 Å². The fourth-order valence-electron chi connectivity index (χ4n) is 2.19. The number of nitrogens with zero attached hydrogens (tertiary/aromatic N) is 4. The van der Waals surface area contributed by atoms with Crippen molar-refractivity contribution in [2.75, 3.05) is 44.4 Å². The first-order chi connectivity index (χ1) is 9.10. The molecule has 0 spiro atoms. The number of hydrogen-bond donors (Lipinski definition) is 2. The lowest BCUT2D eigenvalue weighted by Crippen LogP contribution is -2.20. The number of rotatable bonds is 5. The van der Waals surface area contributed by atoms with E-state index in [0.717, 1.165) is 19.5 Å². The van der Waals surface area contributed by atoms with Crippen molar-refractivity contribution >= 4 is 17.5 Å². The van der Waals surface area contributed by atoms with E-state index in [2.05, 4.69) is 32.5 Å². The average molecular weight is 266 g/mol. The van der Waals surface area contributed by atoms with Gasteiger partial charge in [-0.3, -0.25) is 10.1 Å². The summed E-state index contributed by atoms with van der Waals surface area (Å²) in [7, 11) is 3.75. The monoisotopic (exact) mass is 266 g/mol. The highest BCUT2D eigenvalue weighted by molar-refractivity contribution is 5.56. The maximum atomic E-state index is 10.9. The zero-order valence-electron chi connectivity index (χ0n) is 11.1. The molecule has 0 aliphatic carbocycles. The molecule has 0 amide bonds. The number of nitrogens with one attached hydrogen (secondary N) is 2. The van der Waals surface area contributed by atoms with E-state index in [1.807, 2.05) is 0 Å². The molecular formula is C11H18N6O2. The summed E-state index contributed by atoms with van der Waals surface area (Å²) >= 11 is 0. The first kappa shape index (κ1) is 13.5. The Morgan fingerprint density at radius 3 is 3.00 bits per heavy atom. The van der Waals surface area contributed by atoms with E-state index in [4.69, 9.17) is 0 Å². The second-order valence-electron chi connectivity index (χ2n) is 4.73. The number of aromatic nitrogens is 2. The molecule has 1 saturated heterocycles. The van der Waals surface area contributed by atoms with Crippen LogP contribution in [-0.4, -0.2) is 53.5 Å². The Balaban J connectivity index is 2.06. The van der Waals surface area contributed by atoms with Crippen LogP contribution >= 0.6 is 0 Å². The number of anilines is 2. The molecule has 1 aliphatic heterocycles. The molecule has 0 bridgehead atoms. The van der Waals surface area contributed by atoms with Crippen molar-refractivity contribution in [2.24, 2.45) is 5.92 Å². The highest BCUT2D eigenvalue weighted by atomic mass is 16.6. The zero-order valence-corrected chi connectivity index (χ0v) is 11.1. The quantitative estimate of drug-likeness (QED) is 0.600. The summed E-state index contributed by atoms with van der Waals surface area (Å²) in [6.45, 7) is 2.76. The van der Waals surface area contributed by atoms with E-state index in [0.29, 0.717) is 18.4 Å². The van der Waals surface area contributed by atoms with Gasteiger partial charge in [-0.25, -0.2) is 4.98 Å². The molecule has 1 unspecified atom stereocenters. The van der Waals surface area contributed by atoms with Crippen LogP contribution in [0.2, 0.25) is 0 Å². The lowest BCUT2D eigenvalue weighted by atomic mass is 10.1. The Hall–Kier alpha value is -1.96. The van der Waals surface area contributed by atoms with Crippen LogP contribution in [0.4, 0.5) is 17.5 Å². The van der Waals surface area contributed by atoms with Gasteiger partial charge in [-0.15, -0.1) is 0 Å². The number of likely N-dealkylation sites (tertiary alicyclic amines) is 1. The molecule has 1 fully saturated rings. The smallest absolute Gasteiger partial charge is 0.329 e. The Bertz CT molecular complexity index is 466. The minimum atomic E-state index is -0.470. The molecule has 1 atom stereocenters. The van der Waals surface area contributed by atoms with E-state index in [9.17, 15) is 10.1 Å². The van der Waals surface area contributed by atoms with E-state index in [-0.39, 0.29) is 11.5 Å². The Kier molecular flexibility index (Phi) is 4.10. The van der Waals surface area contributed by atoms with Gasteiger partial charge in [0.15, 0.2) is 0 Å². The minimum Gasteiger partial charge on any atom is -0.364 e. The maximum absolute atomic E-state index is 10.9. The third kappa shape index (κ3) is 3.28. The van der Waals surface area contributed by atoms with Crippen LogP contribution in [0.1, 0.15) is 6.42 Å². The summed E-state index contributed by atoms with van der Waals surface area (Å²) in [5.41, 5.74) is -0.0923. The Morgan fingerprint density at radius 2 is 2.42 bits per heavy atom. The highest BCUT2D eigenvalue weighted by Crippen LogP contribution is 2.23. The first-order valence-electron chi connectivity index (χ1n) is 6.21. The Morgan fingerprint density at radius 1 is 1.63 bits per heavy atom. The third-order valence-corrected chi connectivity index (χ3v) is 3.24. The number of hydrogen-bond acceptors (Lipinski definition) is 7. The fourth-order valence-corrected chi connectivity index (χ4v) is 2.19. The maximum Gasteiger partial charge on any atom is 0.329 e. The van der Waals surface area contributed by atoms with Gasteiger partial charge in [0, 0.05) is 20.1 Å². The minimum absolute atomic E-state index is 0.0923. The van der Waals surface area contributed by atoms with Gasteiger partial charge >= 0.3 is 5.69 Å². The second kappa shape index (κ2) is 5.79. The molecule has 19 heavy (non-hydrogen) atoms. The highest BCUT2D eigenvalue weighted by Gasteiger charge is 2.22. The molecule has 1 aromatic heterocycles. The van der Waals surface area contributed by atoms with Crippen LogP contribution in [0.3, 0.4) is 0 Å². The van der Waals surface area contributed by atoms with E-state index < -0.39 is 4.92 Å². The molecule has 104 valence electrons. The molecule has 8 heteroatoms. The van der Waals surface area contributed by atoms with Crippen LogP contribution in [-0.2, 0) is 0 Å². The standard InChI is InChI=1S/C11H18N6O2/c1-12-11-14-6-9(17(18)19)10(15-11)13-5-8-3-4-16(2)7-8/h6,8H,3-5,7H2,1-2H3,(H2,12,13,14,15). The lowest BCUT2D eigenvalue weighted by molar-refractivity contribution is -0.384. The predicted molar refractivity (Wildman–Crippen MR) is 72.3 cm³/mol. The zero-order chi connectivity index (χ0) is 13.8. The van der Waals surface area contributed by atoms with E-state index >= 15 is 0 Å². The normalized spacial score (nSPS) is 19.4. The molecule has 0 aromatic carbocycles. The first-order valence-corrected chi connectivity index (χ1v) is 6.21. The van der Waals surface area contributed by atoms with Gasteiger partial charge in [-0.1, -0.05) is 0 Å². The van der Waals surface area contributed by atoms with Gasteiger partial charge in [0.1, 0.15) is 6.20 Å². The van der Waals surface area contributed by atoms with Gasteiger partial charge in [0.25, 0.3) is 0 Å². The van der Waals surface area contributed by atoms with Crippen molar-refractivity contribution in [3.05, 3.63) is 16.3 Å². The molecule has 1 aromatic rings. The van der Waals surface area contributed by atoms with E-state index in [1.54, 1.807) is 7.05 Å². The summed E-state index contributed by atoms with van der Waals surface area (Å²) < 4.78 is 0.